The van der Waals surface area contributed by atoms with Gasteiger partial charge in [0.2, 0.25) is 0 Å². The van der Waals surface area contributed by atoms with E-state index in [0.717, 1.165) is 25.2 Å². The highest BCUT2D eigenvalue weighted by Gasteiger charge is 2.49. The number of rotatable bonds is 2. The molecular formula is C18H23F3N2O3. The molecule has 2 heterocycles. The van der Waals surface area contributed by atoms with Crippen molar-refractivity contribution in [1.82, 2.24) is 4.90 Å². The number of carbonyl (C=O) groups is 1. The van der Waals surface area contributed by atoms with E-state index in [1.807, 2.05) is 20.8 Å². The van der Waals surface area contributed by atoms with E-state index in [1.54, 1.807) is 17.0 Å². The Balaban J connectivity index is 1.53. The smallest absolute Gasteiger partial charge is 0.444 e. The lowest BCUT2D eigenvalue weighted by Gasteiger charge is -2.49. The summed E-state index contributed by atoms with van der Waals surface area (Å²) in [7, 11) is 0. The van der Waals surface area contributed by atoms with Gasteiger partial charge < -0.3 is 19.3 Å². The van der Waals surface area contributed by atoms with Gasteiger partial charge >= 0.3 is 12.5 Å². The number of nitrogens with zero attached hydrogens (tertiary/aromatic N) is 2. The number of carbonyl (C=O) groups excluding carboxylic acids is 1. The van der Waals surface area contributed by atoms with Crippen LogP contribution in [0.4, 0.5) is 23.7 Å². The molecule has 2 saturated heterocycles. The van der Waals surface area contributed by atoms with Crippen molar-refractivity contribution < 1.29 is 27.4 Å². The van der Waals surface area contributed by atoms with E-state index in [-0.39, 0.29) is 17.3 Å². The predicted molar refractivity (Wildman–Crippen MR) is 90.2 cm³/mol. The zero-order chi connectivity index (χ0) is 19.2. The topological polar surface area (TPSA) is 42.0 Å². The monoisotopic (exact) mass is 372 g/mol. The average molecular weight is 372 g/mol. The van der Waals surface area contributed by atoms with Crippen LogP contribution in [-0.2, 0) is 4.74 Å². The Morgan fingerprint density at radius 2 is 1.69 bits per heavy atom. The number of benzene rings is 1. The summed E-state index contributed by atoms with van der Waals surface area (Å²) in [5, 5.41) is 0. The molecule has 1 amide bonds. The molecule has 1 aromatic rings. The largest absolute Gasteiger partial charge is 0.573 e. The summed E-state index contributed by atoms with van der Waals surface area (Å²) in [5.41, 5.74) is 0.373. The lowest BCUT2D eigenvalue weighted by atomic mass is 9.79. The van der Waals surface area contributed by atoms with Gasteiger partial charge in [-0.05, 0) is 51.5 Å². The number of halogens is 3. The molecule has 0 aromatic heterocycles. The van der Waals surface area contributed by atoms with Gasteiger partial charge in [0, 0.05) is 37.3 Å². The highest BCUT2D eigenvalue weighted by Crippen LogP contribution is 2.42. The molecule has 2 aliphatic heterocycles. The molecule has 0 radical (unpaired) electrons. The Morgan fingerprint density at radius 1 is 1.08 bits per heavy atom. The Hall–Kier alpha value is -2.12. The molecule has 0 saturated carbocycles. The fourth-order valence-electron chi connectivity index (χ4n) is 3.48. The van der Waals surface area contributed by atoms with Gasteiger partial charge in [0.1, 0.15) is 11.4 Å². The normalized spacial score (nSPS) is 19.5. The van der Waals surface area contributed by atoms with Crippen molar-refractivity contribution in [3.8, 4) is 5.75 Å². The van der Waals surface area contributed by atoms with Gasteiger partial charge in [-0.2, -0.15) is 0 Å². The first-order valence-electron chi connectivity index (χ1n) is 8.54. The highest BCUT2D eigenvalue weighted by molar-refractivity contribution is 5.69. The minimum Gasteiger partial charge on any atom is -0.444 e. The van der Waals surface area contributed by atoms with E-state index < -0.39 is 12.0 Å². The molecule has 2 aliphatic rings. The number of hydrogen-bond acceptors (Lipinski definition) is 4. The van der Waals surface area contributed by atoms with Crippen molar-refractivity contribution in [3.05, 3.63) is 24.3 Å². The van der Waals surface area contributed by atoms with Crippen molar-refractivity contribution in [1.29, 1.82) is 0 Å². The number of ether oxygens (including phenoxy) is 2. The third-order valence-electron chi connectivity index (χ3n) is 4.58. The molecule has 2 fully saturated rings. The Morgan fingerprint density at radius 3 is 2.23 bits per heavy atom. The molecule has 144 valence electrons. The minimum atomic E-state index is -4.68. The van der Waals surface area contributed by atoms with Gasteiger partial charge in [0.05, 0.1) is 0 Å². The SMILES string of the molecule is CC(C)(C)OC(=O)N1CCC2(C1)CN(c1ccc(OC(F)(F)F)cc1)C2. The van der Waals surface area contributed by atoms with Gasteiger partial charge in [-0.15, -0.1) is 13.2 Å². The third-order valence-corrected chi connectivity index (χ3v) is 4.58. The first kappa shape index (κ1) is 18.7. The molecule has 1 aromatic carbocycles. The minimum absolute atomic E-state index is 0.0397. The van der Waals surface area contributed by atoms with Crippen LogP contribution in [0.5, 0.6) is 5.75 Å². The summed E-state index contributed by atoms with van der Waals surface area (Å²) >= 11 is 0. The van der Waals surface area contributed by atoms with Crippen molar-refractivity contribution in [2.24, 2.45) is 5.41 Å². The predicted octanol–water partition coefficient (Wildman–Crippen LogP) is 4.03. The average Bonchev–Trinajstić information content (AvgIpc) is 2.89. The van der Waals surface area contributed by atoms with Gasteiger partial charge in [-0.3, -0.25) is 0 Å². The molecule has 3 rings (SSSR count). The molecule has 0 atom stereocenters. The van der Waals surface area contributed by atoms with Crippen LogP contribution < -0.4 is 9.64 Å². The van der Waals surface area contributed by atoms with Crippen molar-refractivity contribution >= 4 is 11.8 Å². The molecular weight excluding hydrogens is 349 g/mol. The lowest BCUT2D eigenvalue weighted by Crippen LogP contribution is -2.58. The second-order valence-electron chi connectivity index (χ2n) is 8.05. The Bertz CT molecular complexity index is 662. The maximum Gasteiger partial charge on any atom is 0.573 e. The quantitative estimate of drug-likeness (QED) is 0.786. The van der Waals surface area contributed by atoms with E-state index in [2.05, 4.69) is 9.64 Å². The van der Waals surface area contributed by atoms with Crippen LogP contribution in [0.25, 0.3) is 0 Å². The van der Waals surface area contributed by atoms with Crippen LogP contribution in [0.1, 0.15) is 27.2 Å². The molecule has 0 bridgehead atoms. The molecule has 1 spiro atoms. The van der Waals surface area contributed by atoms with Gasteiger partial charge in [0.15, 0.2) is 0 Å². The fraction of sp³-hybridized carbons (Fsp3) is 0.611. The third kappa shape index (κ3) is 4.34. The zero-order valence-corrected chi connectivity index (χ0v) is 15.1. The first-order valence-corrected chi connectivity index (χ1v) is 8.54. The van der Waals surface area contributed by atoms with Gasteiger partial charge in [-0.1, -0.05) is 0 Å². The first-order chi connectivity index (χ1) is 11.9. The van der Waals surface area contributed by atoms with E-state index in [1.165, 1.54) is 12.1 Å². The summed E-state index contributed by atoms with van der Waals surface area (Å²) in [6.07, 6.45) is -4.07. The number of alkyl halides is 3. The summed E-state index contributed by atoms with van der Waals surface area (Å²) in [6.45, 7) is 8.38. The van der Waals surface area contributed by atoms with E-state index in [9.17, 15) is 18.0 Å². The highest BCUT2D eigenvalue weighted by atomic mass is 19.4. The maximum absolute atomic E-state index is 12.2. The standard InChI is InChI=1S/C18H23F3N2O3/c1-16(2,3)26-15(24)22-9-8-17(10-22)11-23(12-17)13-4-6-14(7-5-13)25-18(19,20)21/h4-7H,8-12H2,1-3H3. The van der Waals surface area contributed by atoms with Crippen LogP contribution >= 0.6 is 0 Å². The lowest BCUT2D eigenvalue weighted by molar-refractivity contribution is -0.274. The van der Waals surface area contributed by atoms with Crippen molar-refractivity contribution in [2.45, 2.75) is 39.2 Å². The van der Waals surface area contributed by atoms with Crippen molar-refractivity contribution in [3.63, 3.8) is 0 Å². The van der Waals surface area contributed by atoms with Crippen molar-refractivity contribution in [2.75, 3.05) is 31.1 Å². The molecule has 5 nitrogen and oxygen atoms in total. The fourth-order valence-corrected chi connectivity index (χ4v) is 3.48. The van der Waals surface area contributed by atoms with Crippen LogP contribution in [0.3, 0.4) is 0 Å². The van der Waals surface area contributed by atoms with Crippen LogP contribution in [0, 0.1) is 5.41 Å². The number of anilines is 1. The molecule has 0 unspecified atom stereocenters. The van der Waals surface area contributed by atoms with Gasteiger partial charge in [-0.25, -0.2) is 4.79 Å². The summed E-state index contributed by atoms with van der Waals surface area (Å²) < 4.78 is 45.9. The van der Waals surface area contributed by atoms with Crippen LogP contribution in [-0.4, -0.2) is 49.1 Å². The number of amides is 1. The molecule has 26 heavy (non-hydrogen) atoms. The summed E-state index contributed by atoms with van der Waals surface area (Å²) in [5.74, 6) is -0.228. The van der Waals surface area contributed by atoms with Gasteiger partial charge in [0.25, 0.3) is 0 Å². The molecule has 8 heteroatoms. The molecule has 0 aliphatic carbocycles. The number of likely N-dealkylation sites (tertiary alicyclic amines) is 1. The summed E-state index contributed by atoms with van der Waals surface area (Å²) in [6, 6.07) is 5.87. The Kier molecular flexibility index (Phi) is 4.48. The second-order valence-corrected chi connectivity index (χ2v) is 8.05. The Labute approximate surface area is 150 Å². The van der Waals surface area contributed by atoms with E-state index in [4.69, 9.17) is 4.74 Å². The summed E-state index contributed by atoms with van der Waals surface area (Å²) in [4.78, 5) is 16.0. The second kappa shape index (κ2) is 6.25. The van der Waals surface area contributed by atoms with Crippen LogP contribution in [0.2, 0.25) is 0 Å². The molecule has 0 N–H and O–H groups in total. The van der Waals surface area contributed by atoms with Crippen LogP contribution in [0.15, 0.2) is 24.3 Å². The maximum atomic E-state index is 12.2. The number of hydrogen-bond donors (Lipinski definition) is 0. The van der Waals surface area contributed by atoms with E-state index in [0.29, 0.717) is 13.1 Å². The zero-order valence-electron chi connectivity index (χ0n) is 15.1. The van der Waals surface area contributed by atoms with E-state index >= 15 is 0 Å².